The van der Waals surface area contributed by atoms with Gasteiger partial charge >= 0.3 is 6.18 Å². The van der Waals surface area contributed by atoms with Crippen LogP contribution in [0.25, 0.3) is 11.3 Å². The van der Waals surface area contributed by atoms with Gasteiger partial charge in [0.2, 0.25) is 0 Å². The van der Waals surface area contributed by atoms with Gasteiger partial charge < -0.3 is 9.15 Å². The van der Waals surface area contributed by atoms with Crippen molar-refractivity contribution in [3.63, 3.8) is 0 Å². The predicted molar refractivity (Wildman–Crippen MR) is 110 cm³/mol. The van der Waals surface area contributed by atoms with Gasteiger partial charge in [0.15, 0.2) is 12.0 Å². The molecule has 0 saturated carbocycles. The fourth-order valence-electron chi connectivity index (χ4n) is 3.23. The summed E-state index contributed by atoms with van der Waals surface area (Å²) in [4.78, 5) is 11.0. The van der Waals surface area contributed by atoms with Crippen molar-refractivity contribution < 1.29 is 27.1 Å². The van der Waals surface area contributed by atoms with Crippen LogP contribution >= 0.6 is 0 Å². The number of halogens is 3. The zero-order valence-electron chi connectivity index (χ0n) is 16.2. The van der Waals surface area contributed by atoms with Crippen molar-refractivity contribution in [1.82, 2.24) is 0 Å². The average Bonchev–Trinajstić information content (AvgIpc) is 3.24. The molecule has 31 heavy (non-hydrogen) atoms. The highest BCUT2D eigenvalue weighted by atomic mass is 19.4. The van der Waals surface area contributed by atoms with Crippen molar-refractivity contribution in [3.8, 4) is 22.8 Å². The van der Waals surface area contributed by atoms with Crippen LogP contribution in [-0.2, 0) is 12.6 Å². The van der Waals surface area contributed by atoms with Crippen LogP contribution in [0, 0.1) is 0 Å². The van der Waals surface area contributed by atoms with E-state index in [-0.39, 0.29) is 22.8 Å². The Hall–Kier alpha value is -3.80. The molecular weight excluding hydrogens is 405 g/mol. The summed E-state index contributed by atoms with van der Waals surface area (Å²) >= 11 is 0. The number of hydrogen-bond acceptors (Lipinski definition) is 3. The number of rotatable bonds is 6. The van der Waals surface area contributed by atoms with Crippen LogP contribution in [0.2, 0.25) is 0 Å². The van der Waals surface area contributed by atoms with Gasteiger partial charge in [-0.15, -0.1) is 0 Å². The molecule has 0 aliphatic heterocycles. The second-order valence-electron chi connectivity index (χ2n) is 6.90. The molecule has 0 radical (unpaired) electrons. The van der Waals surface area contributed by atoms with Gasteiger partial charge in [-0.1, -0.05) is 48.5 Å². The summed E-state index contributed by atoms with van der Waals surface area (Å²) in [5.41, 5.74) is 1.23. The number of carbonyl (C=O) groups is 1. The standard InChI is InChI=1S/C25H17F3O3/c26-25(27,28)19-10-12-24(21(15-19)23-13-11-20(16-29)30-23)31-22-9-5-4-8-18(22)14-17-6-2-1-3-7-17/h1-13,15-16H,14H2. The summed E-state index contributed by atoms with van der Waals surface area (Å²) in [5.74, 6) is 0.849. The summed E-state index contributed by atoms with van der Waals surface area (Å²) < 4.78 is 51.3. The van der Waals surface area contributed by atoms with Gasteiger partial charge in [0.25, 0.3) is 0 Å². The molecule has 0 saturated heterocycles. The second-order valence-corrected chi connectivity index (χ2v) is 6.90. The third-order valence-electron chi connectivity index (χ3n) is 4.75. The van der Waals surface area contributed by atoms with Gasteiger partial charge in [0.05, 0.1) is 11.1 Å². The Morgan fingerprint density at radius 2 is 1.58 bits per heavy atom. The van der Waals surface area contributed by atoms with E-state index in [0.29, 0.717) is 18.5 Å². The molecule has 6 heteroatoms. The van der Waals surface area contributed by atoms with E-state index in [2.05, 4.69) is 0 Å². The molecular formula is C25H17F3O3. The van der Waals surface area contributed by atoms with Gasteiger partial charge in [-0.05, 0) is 47.5 Å². The van der Waals surface area contributed by atoms with Crippen LogP contribution in [-0.4, -0.2) is 6.29 Å². The highest BCUT2D eigenvalue weighted by molar-refractivity contribution is 5.75. The molecule has 0 spiro atoms. The van der Waals surface area contributed by atoms with E-state index in [4.69, 9.17) is 9.15 Å². The van der Waals surface area contributed by atoms with Crippen molar-refractivity contribution in [3.05, 3.63) is 107 Å². The van der Waals surface area contributed by atoms with Gasteiger partial charge in [-0.2, -0.15) is 13.2 Å². The SMILES string of the molecule is O=Cc1ccc(-c2cc(C(F)(F)F)ccc2Oc2ccccc2Cc2ccccc2)o1. The van der Waals surface area contributed by atoms with E-state index in [9.17, 15) is 18.0 Å². The fourth-order valence-corrected chi connectivity index (χ4v) is 3.23. The van der Waals surface area contributed by atoms with E-state index >= 15 is 0 Å². The quantitative estimate of drug-likeness (QED) is 0.310. The smallest absolute Gasteiger partial charge is 0.416 e. The van der Waals surface area contributed by atoms with Crippen LogP contribution in [0.1, 0.15) is 27.2 Å². The first kappa shape index (κ1) is 20.5. The van der Waals surface area contributed by atoms with Crippen LogP contribution in [0.5, 0.6) is 11.5 Å². The molecule has 1 aromatic heterocycles. The van der Waals surface area contributed by atoms with Crippen LogP contribution in [0.3, 0.4) is 0 Å². The van der Waals surface area contributed by atoms with Crippen LogP contribution in [0.15, 0.2) is 89.3 Å². The molecule has 4 aromatic rings. The lowest BCUT2D eigenvalue weighted by Gasteiger charge is -2.15. The molecule has 0 fully saturated rings. The number of alkyl halides is 3. The number of hydrogen-bond donors (Lipinski definition) is 0. The Kier molecular flexibility index (Phi) is 5.62. The monoisotopic (exact) mass is 422 g/mol. The van der Waals surface area contributed by atoms with Gasteiger partial charge in [0.1, 0.15) is 17.3 Å². The number of carbonyl (C=O) groups excluding carboxylic acids is 1. The molecule has 0 N–H and O–H groups in total. The zero-order valence-corrected chi connectivity index (χ0v) is 16.2. The Bertz CT molecular complexity index is 1190. The molecule has 0 unspecified atom stereocenters. The Labute approximate surface area is 176 Å². The number of para-hydroxylation sites is 1. The Balaban J connectivity index is 1.74. The minimum atomic E-state index is -4.53. The third kappa shape index (κ3) is 4.69. The Morgan fingerprint density at radius 1 is 0.839 bits per heavy atom. The molecule has 0 amide bonds. The zero-order chi connectivity index (χ0) is 21.8. The Morgan fingerprint density at radius 3 is 2.29 bits per heavy atom. The maximum atomic E-state index is 13.3. The van der Waals surface area contributed by atoms with E-state index in [1.807, 2.05) is 42.5 Å². The lowest BCUT2D eigenvalue weighted by molar-refractivity contribution is -0.137. The summed E-state index contributed by atoms with van der Waals surface area (Å²) in [6, 6.07) is 23.2. The molecule has 156 valence electrons. The predicted octanol–water partition coefficient (Wildman–Crippen LogP) is 7.16. The number of aldehydes is 1. The normalized spacial score (nSPS) is 11.3. The van der Waals surface area contributed by atoms with Crippen molar-refractivity contribution in [1.29, 1.82) is 0 Å². The van der Waals surface area contributed by atoms with Gasteiger partial charge in [-0.3, -0.25) is 4.79 Å². The molecule has 0 aliphatic rings. The van der Waals surface area contributed by atoms with Gasteiger partial charge in [-0.25, -0.2) is 0 Å². The van der Waals surface area contributed by atoms with Crippen LogP contribution < -0.4 is 4.74 Å². The van der Waals surface area contributed by atoms with E-state index in [0.717, 1.165) is 23.3 Å². The number of ether oxygens (including phenoxy) is 1. The minimum absolute atomic E-state index is 0.0165. The maximum absolute atomic E-state index is 13.3. The highest BCUT2D eigenvalue weighted by Crippen LogP contribution is 2.40. The van der Waals surface area contributed by atoms with Crippen molar-refractivity contribution in [2.24, 2.45) is 0 Å². The highest BCUT2D eigenvalue weighted by Gasteiger charge is 2.32. The lowest BCUT2D eigenvalue weighted by atomic mass is 10.0. The largest absolute Gasteiger partial charge is 0.456 e. The van der Waals surface area contributed by atoms with E-state index in [1.165, 1.54) is 18.2 Å². The molecule has 1 heterocycles. The lowest BCUT2D eigenvalue weighted by Crippen LogP contribution is -2.05. The van der Waals surface area contributed by atoms with E-state index < -0.39 is 11.7 Å². The average molecular weight is 422 g/mol. The minimum Gasteiger partial charge on any atom is -0.456 e. The van der Waals surface area contributed by atoms with Gasteiger partial charge in [0, 0.05) is 6.42 Å². The topological polar surface area (TPSA) is 39.4 Å². The first-order valence-corrected chi connectivity index (χ1v) is 9.50. The van der Waals surface area contributed by atoms with Crippen molar-refractivity contribution in [2.75, 3.05) is 0 Å². The van der Waals surface area contributed by atoms with Crippen molar-refractivity contribution in [2.45, 2.75) is 12.6 Å². The first-order valence-electron chi connectivity index (χ1n) is 9.50. The number of furan rings is 1. The summed E-state index contributed by atoms with van der Waals surface area (Å²) in [6.45, 7) is 0. The maximum Gasteiger partial charge on any atom is 0.416 e. The summed E-state index contributed by atoms with van der Waals surface area (Å²) in [7, 11) is 0. The molecule has 0 bridgehead atoms. The van der Waals surface area contributed by atoms with Crippen molar-refractivity contribution >= 4 is 6.29 Å². The molecule has 0 atom stereocenters. The second kappa shape index (κ2) is 8.52. The summed E-state index contributed by atoms with van der Waals surface area (Å²) in [5, 5.41) is 0. The molecule has 0 aliphatic carbocycles. The molecule has 4 rings (SSSR count). The fraction of sp³-hybridized carbons (Fsp3) is 0.0800. The summed E-state index contributed by atoms with van der Waals surface area (Å²) in [6.07, 6.45) is -3.44. The van der Waals surface area contributed by atoms with E-state index in [1.54, 1.807) is 12.1 Å². The third-order valence-corrected chi connectivity index (χ3v) is 4.75. The van der Waals surface area contributed by atoms with Crippen LogP contribution in [0.4, 0.5) is 13.2 Å². The molecule has 3 nitrogen and oxygen atoms in total. The molecule has 3 aromatic carbocycles. The number of benzene rings is 3. The first-order chi connectivity index (χ1) is 14.9.